The van der Waals surface area contributed by atoms with Crippen LogP contribution < -0.4 is 0 Å². The third-order valence-corrected chi connectivity index (χ3v) is 3.16. The van der Waals surface area contributed by atoms with Crippen LogP contribution in [0.3, 0.4) is 0 Å². The summed E-state index contributed by atoms with van der Waals surface area (Å²) < 4.78 is 0. The molecule has 0 aliphatic heterocycles. The second-order valence-electron chi connectivity index (χ2n) is 4.84. The van der Waals surface area contributed by atoms with Crippen molar-refractivity contribution in [3.63, 3.8) is 0 Å². The van der Waals surface area contributed by atoms with Crippen LogP contribution in [0.25, 0.3) is 0 Å². The maximum atomic E-state index is 11.0. The van der Waals surface area contributed by atoms with Gasteiger partial charge in [0, 0.05) is 5.92 Å². The lowest BCUT2D eigenvalue weighted by Gasteiger charge is -2.10. The van der Waals surface area contributed by atoms with Crippen molar-refractivity contribution in [2.75, 3.05) is 0 Å². The summed E-state index contributed by atoms with van der Waals surface area (Å²) in [5.74, 6) is 0.925. The Morgan fingerprint density at radius 1 is 1.27 bits per heavy atom. The van der Waals surface area contributed by atoms with Crippen molar-refractivity contribution in [3.8, 4) is 0 Å². The standard InChI is InChI=1S/C14H18O/c1-10-5-11(2)7-12(6-10)8-14(9-15)13-3-4-13/h5-7,9,13-14H,3-4,8H2,1-2H3. The van der Waals surface area contributed by atoms with Crippen molar-refractivity contribution in [2.24, 2.45) is 11.8 Å². The monoisotopic (exact) mass is 202 g/mol. The first-order valence-electron chi connectivity index (χ1n) is 5.71. The minimum Gasteiger partial charge on any atom is -0.303 e. The van der Waals surface area contributed by atoms with E-state index in [1.54, 1.807) is 0 Å². The molecule has 1 saturated carbocycles. The Kier molecular flexibility index (Phi) is 2.90. The Bertz CT molecular complexity index is 343. The van der Waals surface area contributed by atoms with Crippen molar-refractivity contribution >= 4 is 6.29 Å². The normalized spacial score (nSPS) is 17.5. The summed E-state index contributed by atoms with van der Waals surface area (Å²) in [4.78, 5) is 11.0. The van der Waals surface area contributed by atoms with E-state index in [-0.39, 0.29) is 5.92 Å². The van der Waals surface area contributed by atoms with E-state index < -0.39 is 0 Å². The molecule has 1 unspecified atom stereocenters. The van der Waals surface area contributed by atoms with Crippen LogP contribution in [0.1, 0.15) is 29.5 Å². The SMILES string of the molecule is Cc1cc(C)cc(CC(C=O)C2CC2)c1. The van der Waals surface area contributed by atoms with Gasteiger partial charge < -0.3 is 4.79 Å². The van der Waals surface area contributed by atoms with E-state index in [1.807, 2.05) is 0 Å². The molecule has 1 atom stereocenters. The molecule has 1 aromatic carbocycles. The van der Waals surface area contributed by atoms with Gasteiger partial charge in [-0.3, -0.25) is 0 Å². The Balaban J connectivity index is 2.11. The summed E-state index contributed by atoms with van der Waals surface area (Å²) in [7, 11) is 0. The van der Waals surface area contributed by atoms with Crippen molar-refractivity contribution in [2.45, 2.75) is 33.1 Å². The fourth-order valence-corrected chi connectivity index (χ4v) is 2.31. The lowest BCUT2D eigenvalue weighted by atomic mass is 9.94. The molecule has 1 aliphatic carbocycles. The molecule has 0 saturated heterocycles. The molecule has 80 valence electrons. The number of carbonyl (C=O) groups is 1. The predicted octanol–water partition coefficient (Wildman–Crippen LogP) is 3.07. The van der Waals surface area contributed by atoms with Gasteiger partial charge in [0.05, 0.1) is 0 Å². The topological polar surface area (TPSA) is 17.1 Å². The Morgan fingerprint density at radius 3 is 2.33 bits per heavy atom. The van der Waals surface area contributed by atoms with Crippen LogP contribution in [0.15, 0.2) is 18.2 Å². The quantitative estimate of drug-likeness (QED) is 0.686. The van der Waals surface area contributed by atoms with Crippen LogP contribution in [0.2, 0.25) is 0 Å². The number of carbonyl (C=O) groups excluding carboxylic acids is 1. The summed E-state index contributed by atoms with van der Waals surface area (Å²) >= 11 is 0. The number of rotatable bonds is 4. The number of aryl methyl sites for hydroxylation is 2. The summed E-state index contributed by atoms with van der Waals surface area (Å²) in [5.41, 5.74) is 3.91. The largest absolute Gasteiger partial charge is 0.303 e. The fourth-order valence-electron chi connectivity index (χ4n) is 2.31. The smallest absolute Gasteiger partial charge is 0.123 e. The molecule has 15 heavy (non-hydrogen) atoms. The van der Waals surface area contributed by atoms with Crippen molar-refractivity contribution in [1.29, 1.82) is 0 Å². The van der Waals surface area contributed by atoms with Gasteiger partial charge in [0.15, 0.2) is 0 Å². The molecule has 1 fully saturated rings. The molecule has 1 aliphatic rings. The average molecular weight is 202 g/mol. The second-order valence-corrected chi connectivity index (χ2v) is 4.84. The average Bonchev–Trinajstić information content (AvgIpc) is 2.95. The van der Waals surface area contributed by atoms with E-state index in [2.05, 4.69) is 32.0 Å². The van der Waals surface area contributed by atoms with E-state index >= 15 is 0 Å². The maximum absolute atomic E-state index is 11.0. The molecule has 0 N–H and O–H groups in total. The van der Waals surface area contributed by atoms with Crippen molar-refractivity contribution in [1.82, 2.24) is 0 Å². The van der Waals surface area contributed by atoms with Gasteiger partial charge >= 0.3 is 0 Å². The fraction of sp³-hybridized carbons (Fsp3) is 0.500. The summed E-state index contributed by atoms with van der Waals surface area (Å²) in [6.07, 6.45) is 4.56. The summed E-state index contributed by atoms with van der Waals surface area (Å²) in [5, 5.41) is 0. The molecular weight excluding hydrogens is 184 g/mol. The highest BCUT2D eigenvalue weighted by molar-refractivity contribution is 5.55. The van der Waals surface area contributed by atoms with Crippen LogP contribution in [0.4, 0.5) is 0 Å². The molecule has 0 radical (unpaired) electrons. The maximum Gasteiger partial charge on any atom is 0.123 e. The molecule has 2 rings (SSSR count). The highest BCUT2D eigenvalue weighted by atomic mass is 16.1. The first-order valence-corrected chi connectivity index (χ1v) is 5.71. The van der Waals surface area contributed by atoms with Gasteiger partial charge in [-0.2, -0.15) is 0 Å². The number of aldehydes is 1. The Labute approximate surface area is 91.5 Å². The molecular formula is C14H18O. The van der Waals surface area contributed by atoms with E-state index in [0.717, 1.165) is 12.7 Å². The lowest BCUT2D eigenvalue weighted by molar-refractivity contribution is -0.111. The Hall–Kier alpha value is -1.11. The molecule has 1 nitrogen and oxygen atoms in total. The van der Waals surface area contributed by atoms with Gasteiger partial charge in [-0.25, -0.2) is 0 Å². The van der Waals surface area contributed by atoms with Gasteiger partial charge in [0.2, 0.25) is 0 Å². The molecule has 0 amide bonds. The lowest BCUT2D eigenvalue weighted by Crippen LogP contribution is -2.08. The molecule has 0 aromatic heterocycles. The van der Waals surface area contributed by atoms with Gasteiger partial charge in [-0.05, 0) is 44.6 Å². The number of hydrogen-bond donors (Lipinski definition) is 0. The van der Waals surface area contributed by atoms with E-state index in [0.29, 0.717) is 5.92 Å². The predicted molar refractivity (Wildman–Crippen MR) is 61.9 cm³/mol. The van der Waals surface area contributed by atoms with Gasteiger partial charge in [0.1, 0.15) is 6.29 Å². The minimum absolute atomic E-state index is 0.256. The van der Waals surface area contributed by atoms with Crippen molar-refractivity contribution < 1.29 is 4.79 Å². The molecule has 0 spiro atoms. The third kappa shape index (κ3) is 2.68. The summed E-state index contributed by atoms with van der Waals surface area (Å²) in [6.45, 7) is 4.23. The van der Waals surface area contributed by atoms with Crippen LogP contribution in [-0.2, 0) is 11.2 Å². The highest BCUT2D eigenvalue weighted by Gasteiger charge is 2.30. The first-order chi connectivity index (χ1) is 7.19. The zero-order valence-electron chi connectivity index (χ0n) is 9.49. The summed E-state index contributed by atoms with van der Waals surface area (Å²) in [6, 6.07) is 6.58. The number of benzene rings is 1. The second kappa shape index (κ2) is 4.18. The zero-order valence-corrected chi connectivity index (χ0v) is 9.49. The van der Waals surface area contributed by atoms with Crippen LogP contribution in [0, 0.1) is 25.7 Å². The minimum atomic E-state index is 0.256. The zero-order chi connectivity index (χ0) is 10.8. The molecule has 0 heterocycles. The van der Waals surface area contributed by atoms with Crippen LogP contribution >= 0.6 is 0 Å². The van der Waals surface area contributed by atoms with Crippen molar-refractivity contribution in [3.05, 3.63) is 34.9 Å². The third-order valence-electron chi connectivity index (χ3n) is 3.16. The van der Waals surface area contributed by atoms with Crippen LogP contribution in [0.5, 0.6) is 0 Å². The van der Waals surface area contributed by atoms with Gasteiger partial charge in [-0.1, -0.05) is 29.3 Å². The van der Waals surface area contributed by atoms with Crippen LogP contribution in [-0.4, -0.2) is 6.29 Å². The highest BCUT2D eigenvalue weighted by Crippen LogP contribution is 2.37. The molecule has 0 bridgehead atoms. The van der Waals surface area contributed by atoms with Gasteiger partial charge in [-0.15, -0.1) is 0 Å². The molecule has 1 heteroatoms. The van der Waals surface area contributed by atoms with E-state index in [1.165, 1.54) is 29.5 Å². The first kappa shape index (κ1) is 10.4. The number of hydrogen-bond acceptors (Lipinski definition) is 1. The molecule has 1 aromatic rings. The Morgan fingerprint density at radius 2 is 1.87 bits per heavy atom. The van der Waals surface area contributed by atoms with E-state index in [4.69, 9.17) is 0 Å². The van der Waals surface area contributed by atoms with Gasteiger partial charge in [0.25, 0.3) is 0 Å². The van der Waals surface area contributed by atoms with E-state index in [9.17, 15) is 4.79 Å².